The maximum absolute atomic E-state index is 12.2. The number of amides is 2. The third kappa shape index (κ3) is 2.20. The van der Waals surface area contributed by atoms with Gasteiger partial charge in [0.15, 0.2) is 0 Å². The van der Waals surface area contributed by atoms with Crippen LogP contribution in [0.15, 0.2) is 9.81 Å². The Bertz CT molecular complexity index is 391. The summed E-state index contributed by atoms with van der Waals surface area (Å²) in [5.41, 5.74) is 0. The van der Waals surface area contributed by atoms with Gasteiger partial charge >= 0.3 is 0 Å². The number of thioether (sulfide) groups is 2. The Kier molecular flexibility index (Phi) is 3.65. The summed E-state index contributed by atoms with van der Waals surface area (Å²) >= 11 is 3.03. The van der Waals surface area contributed by atoms with Crippen LogP contribution in [0.1, 0.15) is 0 Å². The molecule has 18 heavy (non-hydrogen) atoms. The van der Waals surface area contributed by atoms with Gasteiger partial charge in [0.1, 0.15) is 0 Å². The molecule has 98 valence electrons. The first-order valence-corrected chi connectivity index (χ1v) is 7.90. The van der Waals surface area contributed by atoms with Crippen molar-refractivity contribution in [2.24, 2.45) is 0 Å². The predicted molar refractivity (Wildman–Crippen MR) is 71.1 cm³/mol. The van der Waals surface area contributed by atoms with E-state index in [9.17, 15) is 9.59 Å². The molecule has 7 heteroatoms. The minimum Gasteiger partial charge on any atom is -0.379 e. The maximum atomic E-state index is 12.2. The Morgan fingerprint density at radius 1 is 1.00 bits per heavy atom. The van der Waals surface area contributed by atoms with Crippen molar-refractivity contribution in [3.8, 4) is 0 Å². The summed E-state index contributed by atoms with van der Waals surface area (Å²) in [4.78, 5) is 29.1. The van der Waals surface area contributed by atoms with Crippen molar-refractivity contribution in [1.82, 2.24) is 9.80 Å². The van der Waals surface area contributed by atoms with Crippen molar-refractivity contribution in [2.75, 3.05) is 44.5 Å². The van der Waals surface area contributed by atoms with Crippen molar-refractivity contribution < 1.29 is 14.3 Å². The van der Waals surface area contributed by atoms with Gasteiger partial charge in [-0.1, -0.05) is 0 Å². The topological polar surface area (TPSA) is 49.9 Å². The molecule has 1 saturated heterocycles. The Morgan fingerprint density at radius 2 is 1.56 bits per heavy atom. The zero-order chi connectivity index (χ0) is 12.5. The normalized spacial score (nSPS) is 25.9. The minimum absolute atomic E-state index is 0.112. The number of hydrogen-bond acceptors (Lipinski definition) is 6. The highest BCUT2D eigenvalue weighted by molar-refractivity contribution is 8.11. The molecule has 3 heterocycles. The lowest BCUT2D eigenvalue weighted by molar-refractivity contribution is -0.140. The molecule has 0 bridgehead atoms. The molecular formula is C11H14N2O3S2. The number of carbonyl (C=O) groups excluding carboxylic acids is 2. The van der Waals surface area contributed by atoms with Crippen LogP contribution in [0.25, 0.3) is 0 Å². The largest absolute Gasteiger partial charge is 0.379 e. The second-order valence-corrected chi connectivity index (χ2v) is 6.48. The molecule has 0 N–H and O–H groups in total. The Morgan fingerprint density at radius 3 is 2.11 bits per heavy atom. The maximum Gasteiger partial charge on any atom is 0.269 e. The fourth-order valence-electron chi connectivity index (χ4n) is 2.14. The van der Waals surface area contributed by atoms with Gasteiger partial charge in [0.2, 0.25) is 0 Å². The van der Waals surface area contributed by atoms with Crippen LogP contribution >= 0.6 is 23.5 Å². The van der Waals surface area contributed by atoms with Crippen molar-refractivity contribution >= 4 is 35.3 Å². The van der Waals surface area contributed by atoms with Crippen LogP contribution < -0.4 is 0 Å². The lowest BCUT2D eigenvalue weighted by Gasteiger charge is -2.29. The first-order chi connectivity index (χ1) is 8.77. The van der Waals surface area contributed by atoms with Crippen LogP contribution in [0.4, 0.5) is 0 Å². The quantitative estimate of drug-likeness (QED) is 0.682. The number of carbonyl (C=O) groups is 2. The van der Waals surface area contributed by atoms with Gasteiger partial charge in [0.25, 0.3) is 11.8 Å². The third-order valence-electron chi connectivity index (χ3n) is 3.11. The van der Waals surface area contributed by atoms with Crippen LogP contribution in [-0.2, 0) is 14.3 Å². The van der Waals surface area contributed by atoms with Crippen LogP contribution in [0.2, 0.25) is 0 Å². The Hall–Kier alpha value is -0.500. The van der Waals surface area contributed by atoms with E-state index >= 15 is 0 Å². The van der Waals surface area contributed by atoms with Gasteiger partial charge in [0, 0.05) is 24.6 Å². The fraction of sp³-hybridized carbons (Fsp3) is 0.636. The van der Waals surface area contributed by atoms with Crippen LogP contribution in [-0.4, -0.2) is 66.1 Å². The van der Waals surface area contributed by atoms with E-state index in [1.165, 1.54) is 28.4 Å². The van der Waals surface area contributed by atoms with Crippen molar-refractivity contribution in [2.45, 2.75) is 0 Å². The first-order valence-electron chi connectivity index (χ1n) is 5.93. The van der Waals surface area contributed by atoms with Crippen LogP contribution in [0.5, 0.6) is 0 Å². The number of hydrogen-bond donors (Lipinski definition) is 0. The highest BCUT2D eigenvalue weighted by Crippen LogP contribution is 2.40. The molecular weight excluding hydrogens is 272 g/mol. The van der Waals surface area contributed by atoms with Gasteiger partial charge < -0.3 is 4.74 Å². The van der Waals surface area contributed by atoms with E-state index in [4.69, 9.17) is 4.74 Å². The molecule has 0 radical (unpaired) electrons. The van der Waals surface area contributed by atoms with Crippen LogP contribution in [0, 0.1) is 0 Å². The molecule has 5 nitrogen and oxygen atoms in total. The zero-order valence-corrected chi connectivity index (χ0v) is 11.5. The van der Waals surface area contributed by atoms with Crippen LogP contribution in [0.3, 0.4) is 0 Å². The molecule has 0 spiro atoms. The van der Waals surface area contributed by atoms with Gasteiger partial charge in [-0.2, -0.15) is 0 Å². The molecule has 0 unspecified atom stereocenters. The molecule has 0 saturated carbocycles. The van der Waals surface area contributed by atoms with Gasteiger partial charge in [-0.15, -0.1) is 23.5 Å². The number of imide groups is 1. The highest BCUT2D eigenvalue weighted by atomic mass is 32.2. The molecule has 1 fully saturated rings. The van der Waals surface area contributed by atoms with Gasteiger partial charge in [-0.25, -0.2) is 0 Å². The minimum atomic E-state index is -0.112. The monoisotopic (exact) mass is 286 g/mol. The third-order valence-corrected chi connectivity index (χ3v) is 5.65. The second kappa shape index (κ2) is 5.24. The lowest BCUT2D eigenvalue weighted by Crippen LogP contribution is -2.46. The molecule has 0 aliphatic carbocycles. The van der Waals surface area contributed by atoms with E-state index < -0.39 is 0 Å². The summed E-state index contributed by atoms with van der Waals surface area (Å²) in [6.07, 6.45) is 0. The van der Waals surface area contributed by atoms with Gasteiger partial charge in [0.05, 0.1) is 29.7 Å². The smallest absolute Gasteiger partial charge is 0.269 e. The average Bonchev–Trinajstić information content (AvgIpc) is 2.66. The molecule has 0 aromatic carbocycles. The lowest BCUT2D eigenvalue weighted by atomic mass is 10.4. The molecule has 0 aromatic rings. The molecule has 0 aromatic heterocycles. The SMILES string of the molecule is O=C1C2=C(SCCS2)C(=O)N1CN1CCOCC1. The summed E-state index contributed by atoms with van der Waals surface area (Å²) in [5.74, 6) is 1.60. The van der Waals surface area contributed by atoms with E-state index in [1.54, 1.807) is 0 Å². The molecule has 3 aliphatic heterocycles. The van der Waals surface area contributed by atoms with Crippen molar-refractivity contribution in [3.05, 3.63) is 9.81 Å². The summed E-state index contributed by atoms with van der Waals surface area (Å²) < 4.78 is 5.26. The first kappa shape index (κ1) is 12.5. The van der Waals surface area contributed by atoms with Gasteiger partial charge in [-0.3, -0.25) is 19.4 Å². The standard InChI is InChI=1S/C11H14N2O3S2/c14-10-8-9(18-6-5-17-8)11(15)13(10)7-12-1-3-16-4-2-12/h1-7H2. The molecule has 2 amide bonds. The summed E-state index contributed by atoms with van der Waals surface area (Å²) in [6.45, 7) is 3.30. The average molecular weight is 286 g/mol. The molecule has 0 atom stereocenters. The fourth-order valence-corrected chi connectivity index (χ4v) is 4.48. The van der Waals surface area contributed by atoms with E-state index in [1.807, 2.05) is 0 Å². The predicted octanol–water partition coefficient (Wildman–Crippen LogP) is 0.337. The zero-order valence-electron chi connectivity index (χ0n) is 9.89. The summed E-state index contributed by atoms with van der Waals surface area (Å²) in [6, 6.07) is 0. The molecule has 3 aliphatic rings. The van der Waals surface area contributed by atoms with E-state index in [0.717, 1.165) is 24.6 Å². The van der Waals surface area contributed by atoms with E-state index in [-0.39, 0.29) is 11.8 Å². The molecule has 3 rings (SSSR count). The van der Waals surface area contributed by atoms with E-state index in [2.05, 4.69) is 4.90 Å². The number of nitrogens with zero attached hydrogens (tertiary/aromatic N) is 2. The van der Waals surface area contributed by atoms with Gasteiger partial charge in [-0.05, 0) is 0 Å². The Balaban J connectivity index is 1.71. The summed E-state index contributed by atoms with van der Waals surface area (Å²) in [7, 11) is 0. The number of rotatable bonds is 2. The van der Waals surface area contributed by atoms with E-state index in [0.29, 0.717) is 29.7 Å². The van der Waals surface area contributed by atoms with Crippen molar-refractivity contribution in [1.29, 1.82) is 0 Å². The highest BCUT2D eigenvalue weighted by Gasteiger charge is 2.40. The van der Waals surface area contributed by atoms with Crippen molar-refractivity contribution in [3.63, 3.8) is 0 Å². The Labute approximate surface area is 114 Å². The number of ether oxygens (including phenoxy) is 1. The second-order valence-electron chi connectivity index (χ2n) is 4.27. The number of morpholine rings is 1. The summed E-state index contributed by atoms with van der Waals surface area (Å²) in [5, 5.41) is 0.